The topological polar surface area (TPSA) is 78.3 Å². The third-order valence-corrected chi connectivity index (χ3v) is 7.31. The van der Waals surface area contributed by atoms with E-state index >= 15 is 0 Å². The maximum atomic E-state index is 12.2. The molecule has 1 aliphatic rings. The van der Waals surface area contributed by atoms with E-state index in [9.17, 15) is 4.79 Å². The minimum atomic E-state index is 0.126. The summed E-state index contributed by atoms with van der Waals surface area (Å²) >= 11 is 0. The molecule has 0 atom stereocenters. The summed E-state index contributed by atoms with van der Waals surface area (Å²) in [6, 6.07) is 9.43. The number of nitrogens with zero attached hydrogens (tertiary/aromatic N) is 4. The highest BCUT2D eigenvalue weighted by molar-refractivity contribution is 5.92. The van der Waals surface area contributed by atoms with Gasteiger partial charge in [0.05, 0.1) is 12.2 Å². The molecule has 184 valence electrons. The van der Waals surface area contributed by atoms with Crippen LogP contribution in [0.15, 0.2) is 36.8 Å². The third kappa shape index (κ3) is 4.69. The maximum Gasteiger partial charge on any atom is 0.234 e. The van der Waals surface area contributed by atoms with Crippen LogP contribution in [0.3, 0.4) is 0 Å². The molecule has 0 radical (unpaired) electrons. The Hall–Kier alpha value is -3.19. The highest BCUT2D eigenvalue weighted by Crippen LogP contribution is 2.39. The van der Waals surface area contributed by atoms with Gasteiger partial charge in [0.2, 0.25) is 5.91 Å². The van der Waals surface area contributed by atoms with Crippen molar-refractivity contribution in [2.75, 3.05) is 20.6 Å². The van der Waals surface area contributed by atoms with Gasteiger partial charge in [-0.1, -0.05) is 19.9 Å². The first kappa shape index (κ1) is 23.5. The largest absolute Gasteiger partial charge is 0.354 e. The summed E-state index contributed by atoms with van der Waals surface area (Å²) in [7, 11) is 3.86. The molecule has 1 fully saturated rings. The van der Waals surface area contributed by atoms with Gasteiger partial charge in [0, 0.05) is 28.7 Å². The second-order valence-corrected chi connectivity index (χ2v) is 10.7. The van der Waals surface area contributed by atoms with E-state index in [1.165, 1.54) is 27.7 Å². The fraction of sp³-hybridized carbons (Fsp3) is 0.464. The van der Waals surface area contributed by atoms with Gasteiger partial charge >= 0.3 is 0 Å². The molecule has 1 saturated carbocycles. The zero-order valence-electron chi connectivity index (χ0n) is 21.4. The van der Waals surface area contributed by atoms with Crippen LogP contribution >= 0.6 is 0 Å². The molecule has 1 aromatic carbocycles. The quantitative estimate of drug-likeness (QED) is 0.413. The molecule has 7 nitrogen and oxygen atoms in total. The minimum absolute atomic E-state index is 0.126. The van der Waals surface area contributed by atoms with Crippen LogP contribution in [-0.4, -0.2) is 57.1 Å². The molecule has 1 aliphatic carbocycles. The van der Waals surface area contributed by atoms with Gasteiger partial charge in [-0.05, 0) is 93.4 Å². The molecule has 0 bridgehead atoms. The molecule has 1 amide bonds. The normalized spacial score (nSPS) is 18.7. The van der Waals surface area contributed by atoms with E-state index in [0.29, 0.717) is 24.4 Å². The number of pyridine rings is 1. The van der Waals surface area contributed by atoms with E-state index in [1.807, 2.05) is 23.5 Å². The van der Waals surface area contributed by atoms with Crippen LogP contribution < -0.4 is 5.32 Å². The molecule has 5 rings (SSSR count). The van der Waals surface area contributed by atoms with Crippen LogP contribution in [0, 0.1) is 6.92 Å². The number of hydrogen-bond acceptors (Lipinski definition) is 4. The molecular weight excluding hydrogens is 436 g/mol. The van der Waals surface area contributed by atoms with Crippen molar-refractivity contribution in [1.29, 1.82) is 0 Å². The SMILES string of the molecule is Cc1cc(-c2[nH]c3ccc(C4CCC(NC(=O)CN(C)C)CC4)cc3c2C(C)C)cn2ncnc12. The number of rotatable bonds is 6. The highest BCUT2D eigenvalue weighted by Gasteiger charge is 2.25. The summed E-state index contributed by atoms with van der Waals surface area (Å²) in [5, 5.41) is 8.90. The number of nitrogens with one attached hydrogen (secondary N) is 2. The zero-order chi connectivity index (χ0) is 24.7. The molecular formula is C28H36N6O. The van der Waals surface area contributed by atoms with Crippen molar-refractivity contribution in [3.8, 4) is 11.3 Å². The lowest BCUT2D eigenvalue weighted by Crippen LogP contribution is -2.41. The molecule has 2 N–H and O–H groups in total. The van der Waals surface area contributed by atoms with Crippen LogP contribution in [0.2, 0.25) is 0 Å². The Morgan fingerprint density at radius 1 is 1.20 bits per heavy atom. The standard InChI is InChI=1S/C28H36N6O/c1-17(2)26-23-13-20(19-6-9-22(10-7-19)31-25(35)15-33(4)5)8-11-24(23)32-27(26)21-12-18(3)28-29-16-30-34(28)14-21/h8,11-14,16-17,19,22,32H,6-7,9-10,15H2,1-5H3,(H,31,35). The van der Waals surface area contributed by atoms with Crippen molar-refractivity contribution in [3.05, 3.63) is 53.5 Å². The zero-order valence-corrected chi connectivity index (χ0v) is 21.4. The Kier molecular flexibility index (Phi) is 6.36. The van der Waals surface area contributed by atoms with Gasteiger partial charge in [0.15, 0.2) is 5.65 Å². The summed E-state index contributed by atoms with van der Waals surface area (Å²) in [4.78, 5) is 22.1. The number of aryl methyl sites for hydroxylation is 1. The molecule has 4 aromatic rings. The fourth-order valence-electron chi connectivity index (χ4n) is 5.67. The van der Waals surface area contributed by atoms with Gasteiger partial charge in [0.25, 0.3) is 0 Å². The minimum Gasteiger partial charge on any atom is -0.354 e. The van der Waals surface area contributed by atoms with Gasteiger partial charge in [-0.2, -0.15) is 5.10 Å². The first-order valence-corrected chi connectivity index (χ1v) is 12.7. The lowest BCUT2D eigenvalue weighted by molar-refractivity contribution is -0.122. The second-order valence-electron chi connectivity index (χ2n) is 10.7. The molecule has 0 unspecified atom stereocenters. The van der Waals surface area contributed by atoms with Crippen molar-refractivity contribution < 1.29 is 4.79 Å². The van der Waals surface area contributed by atoms with E-state index in [4.69, 9.17) is 0 Å². The molecule has 7 heteroatoms. The van der Waals surface area contributed by atoms with Gasteiger partial charge < -0.3 is 15.2 Å². The first-order valence-electron chi connectivity index (χ1n) is 12.7. The molecule has 0 saturated heterocycles. The predicted molar refractivity (Wildman–Crippen MR) is 141 cm³/mol. The molecule has 3 heterocycles. The van der Waals surface area contributed by atoms with E-state index in [2.05, 4.69) is 71.6 Å². The van der Waals surface area contributed by atoms with Crippen LogP contribution in [0.5, 0.6) is 0 Å². The van der Waals surface area contributed by atoms with Crippen LogP contribution in [0.25, 0.3) is 27.8 Å². The second kappa shape index (κ2) is 9.46. The third-order valence-electron chi connectivity index (χ3n) is 7.31. The van der Waals surface area contributed by atoms with Crippen molar-refractivity contribution in [1.82, 2.24) is 29.8 Å². The number of aromatic amines is 1. The van der Waals surface area contributed by atoms with E-state index in [1.54, 1.807) is 6.33 Å². The maximum absolute atomic E-state index is 12.2. The molecule has 35 heavy (non-hydrogen) atoms. The summed E-state index contributed by atoms with van der Waals surface area (Å²) < 4.78 is 1.86. The van der Waals surface area contributed by atoms with Crippen molar-refractivity contribution >= 4 is 22.5 Å². The van der Waals surface area contributed by atoms with Crippen LogP contribution in [0.4, 0.5) is 0 Å². The van der Waals surface area contributed by atoms with Gasteiger partial charge in [-0.15, -0.1) is 0 Å². The number of carbonyl (C=O) groups excluding carboxylic acids is 1. The van der Waals surface area contributed by atoms with E-state index in [-0.39, 0.29) is 5.91 Å². The monoisotopic (exact) mass is 472 g/mol. The van der Waals surface area contributed by atoms with E-state index < -0.39 is 0 Å². The lowest BCUT2D eigenvalue weighted by Gasteiger charge is -2.30. The van der Waals surface area contributed by atoms with Crippen LogP contribution in [-0.2, 0) is 4.79 Å². The van der Waals surface area contributed by atoms with E-state index in [0.717, 1.165) is 42.5 Å². The molecule has 0 spiro atoms. The summed E-state index contributed by atoms with van der Waals surface area (Å²) in [6.45, 7) is 7.07. The van der Waals surface area contributed by atoms with Gasteiger partial charge in [-0.3, -0.25) is 4.79 Å². The number of fused-ring (bicyclic) bond motifs is 2. The van der Waals surface area contributed by atoms with Gasteiger partial charge in [0.1, 0.15) is 6.33 Å². The highest BCUT2D eigenvalue weighted by atomic mass is 16.2. The number of likely N-dealkylation sites (N-methyl/N-ethyl adjacent to an activating group) is 1. The van der Waals surface area contributed by atoms with Crippen molar-refractivity contribution in [2.24, 2.45) is 0 Å². The number of amides is 1. The number of hydrogen-bond donors (Lipinski definition) is 2. The predicted octanol–water partition coefficient (Wildman–Crippen LogP) is 5.01. The lowest BCUT2D eigenvalue weighted by atomic mass is 9.81. The van der Waals surface area contributed by atoms with Gasteiger partial charge in [-0.25, -0.2) is 9.50 Å². The number of aromatic nitrogens is 4. The summed E-state index contributed by atoms with van der Waals surface area (Å²) in [5.74, 6) is 1.04. The summed E-state index contributed by atoms with van der Waals surface area (Å²) in [6.07, 6.45) is 7.96. The Morgan fingerprint density at radius 3 is 2.69 bits per heavy atom. The molecule has 3 aromatic heterocycles. The average Bonchev–Trinajstić information content (AvgIpc) is 3.43. The average molecular weight is 473 g/mol. The smallest absolute Gasteiger partial charge is 0.234 e. The van der Waals surface area contributed by atoms with Crippen LogP contribution in [0.1, 0.15) is 68.1 Å². The summed E-state index contributed by atoms with van der Waals surface area (Å²) in [5.41, 5.74) is 8.25. The molecule has 0 aliphatic heterocycles. The fourth-order valence-corrected chi connectivity index (χ4v) is 5.67. The number of carbonyl (C=O) groups is 1. The number of benzene rings is 1. The Bertz CT molecular complexity index is 1360. The Morgan fingerprint density at radius 2 is 1.97 bits per heavy atom. The first-order chi connectivity index (χ1) is 16.8. The number of H-pyrrole nitrogens is 1. The van der Waals surface area contributed by atoms with Crippen molar-refractivity contribution in [2.45, 2.75) is 64.3 Å². The Labute approximate surface area is 206 Å². The Balaban J connectivity index is 1.41. The van der Waals surface area contributed by atoms with Crippen molar-refractivity contribution in [3.63, 3.8) is 0 Å².